The minimum absolute atomic E-state index is 0.0357. The first-order chi connectivity index (χ1) is 13.0. The van der Waals surface area contributed by atoms with Crippen molar-refractivity contribution in [3.05, 3.63) is 27.7 Å². The maximum atomic E-state index is 12.6. The fraction of sp³-hybridized carbons (Fsp3) is 0.765. The van der Waals surface area contributed by atoms with Crippen LogP contribution in [0.15, 0.2) is 10.9 Å². The van der Waals surface area contributed by atoms with Gasteiger partial charge in [-0.05, 0) is 24.2 Å². The number of fused-ring (bicyclic) bond motifs is 1. The monoisotopic (exact) mass is 413 g/mol. The Balaban J connectivity index is 1.32. The van der Waals surface area contributed by atoms with Crippen LogP contribution in [-0.4, -0.2) is 83.3 Å². The maximum absolute atomic E-state index is 12.6. The summed E-state index contributed by atoms with van der Waals surface area (Å²) in [5.41, 5.74) is 2.09. The smallest absolute Gasteiger partial charge is 0.282 e. The van der Waals surface area contributed by atoms with Crippen LogP contribution in [-0.2, 0) is 28.9 Å². The van der Waals surface area contributed by atoms with Crippen LogP contribution < -0.4 is 5.56 Å². The predicted molar refractivity (Wildman–Crippen MR) is 106 cm³/mol. The zero-order valence-corrected chi connectivity index (χ0v) is 17.2. The summed E-state index contributed by atoms with van der Waals surface area (Å²) in [6.45, 7) is 5.00. The SMILES string of the molecule is O=c1cc2c(nn1CCN1CCN(S(=O)(=O)N3CCCC3)CC1)CCSC2. The number of aryl methyl sites for hydroxylation is 1. The molecule has 0 bridgehead atoms. The predicted octanol–water partition coefficient (Wildman–Crippen LogP) is -0.00920. The molecule has 4 heterocycles. The van der Waals surface area contributed by atoms with Gasteiger partial charge in [-0.2, -0.15) is 33.9 Å². The summed E-state index contributed by atoms with van der Waals surface area (Å²) in [6, 6.07) is 1.73. The minimum Gasteiger partial charge on any atom is -0.299 e. The lowest BCUT2D eigenvalue weighted by molar-refractivity contribution is 0.174. The Morgan fingerprint density at radius 1 is 1.00 bits per heavy atom. The Kier molecular flexibility index (Phi) is 5.89. The van der Waals surface area contributed by atoms with E-state index in [1.807, 2.05) is 11.8 Å². The second-order valence-corrected chi connectivity index (χ2v) is 10.4. The number of thioether (sulfide) groups is 1. The third kappa shape index (κ3) is 4.24. The third-order valence-corrected chi connectivity index (χ3v) is 8.63. The van der Waals surface area contributed by atoms with Crippen molar-refractivity contribution in [1.82, 2.24) is 23.3 Å². The number of aromatic nitrogens is 2. The summed E-state index contributed by atoms with van der Waals surface area (Å²) in [5, 5.41) is 4.55. The van der Waals surface area contributed by atoms with E-state index in [1.54, 1.807) is 19.4 Å². The third-order valence-electron chi connectivity index (χ3n) is 5.58. The molecule has 4 rings (SSSR count). The molecule has 10 heteroatoms. The van der Waals surface area contributed by atoms with Gasteiger partial charge in [0.1, 0.15) is 0 Å². The molecule has 3 aliphatic rings. The van der Waals surface area contributed by atoms with E-state index in [1.165, 1.54) is 0 Å². The molecule has 0 N–H and O–H groups in total. The lowest BCUT2D eigenvalue weighted by Gasteiger charge is -2.35. The zero-order valence-electron chi connectivity index (χ0n) is 15.5. The van der Waals surface area contributed by atoms with E-state index in [9.17, 15) is 13.2 Å². The molecule has 0 unspecified atom stereocenters. The van der Waals surface area contributed by atoms with Crippen LogP contribution in [0.2, 0.25) is 0 Å². The fourth-order valence-corrected chi connectivity index (χ4v) is 6.54. The van der Waals surface area contributed by atoms with Gasteiger partial charge in [0.25, 0.3) is 15.8 Å². The Morgan fingerprint density at radius 3 is 2.44 bits per heavy atom. The highest BCUT2D eigenvalue weighted by Gasteiger charge is 2.33. The second kappa shape index (κ2) is 8.20. The first kappa shape index (κ1) is 19.4. The van der Waals surface area contributed by atoms with Gasteiger partial charge in [0.05, 0.1) is 12.2 Å². The molecule has 1 aromatic rings. The highest BCUT2D eigenvalue weighted by atomic mass is 32.2. The highest BCUT2D eigenvalue weighted by molar-refractivity contribution is 7.98. The number of hydrogen-bond donors (Lipinski definition) is 0. The van der Waals surface area contributed by atoms with Crippen molar-refractivity contribution < 1.29 is 8.42 Å². The van der Waals surface area contributed by atoms with Crippen molar-refractivity contribution >= 4 is 22.0 Å². The van der Waals surface area contributed by atoms with Gasteiger partial charge in [-0.3, -0.25) is 9.69 Å². The molecule has 1 aromatic heterocycles. The summed E-state index contributed by atoms with van der Waals surface area (Å²) in [5.74, 6) is 1.94. The average molecular weight is 414 g/mol. The summed E-state index contributed by atoms with van der Waals surface area (Å²) in [4.78, 5) is 14.5. The van der Waals surface area contributed by atoms with E-state index < -0.39 is 10.2 Å². The molecule has 3 aliphatic heterocycles. The standard InChI is InChI=1S/C17H27N5O3S2/c23-17-13-15-14-26-12-3-16(15)18-22(17)11-8-19-6-9-21(10-7-19)27(24,25)20-4-1-2-5-20/h13H,1-12,14H2. The summed E-state index contributed by atoms with van der Waals surface area (Å²) >= 11 is 1.85. The molecular formula is C17H27N5O3S2. The molecule has 0 radical (unpaired) electrons. The van der Waals surface area contributed by atoms with Crippen molar-refractivity contribution in [2.45, 2.75) is 31.6 Å². The lowest BCUT2D eigenvalue weighted by atomic mass is 10.2. The minimum atomic E-state index is -3.30. The van der Waals surface area contributed by atoms with Gasteiger partial charge in [0, 0.05) is 64.1 Å². The van der Waals surface area contributed by atoms with Gasteiger partial charge in [0.2, 0.25) is 0 Å². The van der Waals surface area contributed by atoms with Crippen molar-refractivity contribution in [2.75, 3.05) is 51.6 Å². The van der Waals surface area contributed by atoms with Crippen molar-refractivity contribution in [2.24, 2.45) is 0 Å². The van der Waals surface area contributed by atoms with Crippen molar-refractivity contribution in [1.29, 1.82) is 0 Å². The Hall–Kier alpha value is -0.940. The molecule has 150 valence electrons. The van der Waals surface area contributed by atoms with E-state index >= 15 is 0 Å². The molecular weight excluding hydrogens is 386 g/mol. The molecule has 2 fully saturated rings. The highest BCUT2D eigenvalue weighted by Crippen LogP contribution is 2.21. The van der Waals surface area contributed by atoms with Gasteiger partial charge in [-0.15, -0.1) is 0 Å². The first-order valence-corrected chi connectivity index (χ1v) is 12.2. The van der Waals surface area contributed by atoms with E-state index in [0.29, 0.717) is 45.8 Å². The van der Waals surface area contributed by atoms with Crippen LogP contribution in [0.25, 0.3) is 0 Å². The number of nitrogens with zero attached hydrogens (tertiary/aromatic N) is 5. The normalized spacial score (nSPS) is 22.8. The van der Waals surface area contributed by atoms with Crippen LogP contribution in [0.3, 0.4) is 0 Å². The Bertz CT molecular complexity index is 827. The molecule has 0 aliphatic carbocycles. The number of rotatable bonds is 5. The lowest BCUT2D eigenvalue weighted by Crippen LogP contribution is -2.53. The van der Waals surface area contributed by atoms with Gasteiger partial charge >= 0.3 is 0 Å². The Labute approximate surface area is 164 Å². The fourth-order valence-electron chi connectivity index (χ4n) is 3.91. The molecule has 0 spiro atoms. The van der Waals surface area contributed by atoms with Crippen LogP contribution in [0, 0.1) is 0 Å². The summed E-state index contributed by atoms with van der Waals surface area (Å²) in [7, 11) is -3.30. The second-order valence-electron chi connectivity index (χ2n) is 7.33. The van der Waals surface area contributed by atoms with Crippen molar-refractivity contribution in [3.8, 4) is 0 Å². The van der Waals surface area contributed by atoms with Gasteiger partial charge in [-0.25, -0.2) is 4.68 Å². The van der Waals surface area contributed by atoms with Crippen LogP contribution in [0.1, 0.15) is 24.1 Å². The average Bonchev–Trinajstić information content (AvgIpc) is 3.22. The van der Waals surface area contributed by atoms with E-state index in [2.05, 4.69) is 10.00 Å². The van der Waals surface area contributed by atoms with E-state index in [4.69, 9.17) is 0 Å². The van der Waals surface area contributed by atoms with Gasteiger partial charge < -0.3 is 0 Å². The quantitative estimate of drug-likeness (QED) is 0.676. The van der Waals surface area contributed by atoms with Gasteiger partial charge in [-0.1, -0.05) is 0 Å². The molecule has 0 saturated carbocycles. The first-order valence-electron chi connectivity index (χ1n) is 9.69. The van der Waals surface area contributed by atoms with Crippen LogP contribution in [0.5, 0.6) is 0 Å². The van der Waals surface area contributed by atoms with E-state index in [-0.39, 0.29) is 5.56 Å². The van der Waals surface area contributed by atoms with Crippen molar-refractivity contribution in [3.63, 3.8) is 0 Å². The van der Waals surface area contributed by atoms with Crippen LogP contribution in [0.4, 0.5) is 0 Å². The molecule has 27 heavy (non-hydrogen) atoms. The Morgan fingerprint density at radius 2 is 1.70 bits per heavy atom. The molecule has 0 amide bonds. The topological polar surface area (TPSA) is 78.8 Å². The molecule has 0 aromatic carbocycles. The van der Waals surface area contributed by atoms with Gasteiger partial charge in [0.15, 0.2) is 0 Å². The summed E-state index contributed by atoms with van der Waals surface area (Å²) < 4.78 is 30.0. The molecule has 0 atom stereocenters. The zero-order chi connectivity index (χ0) is 18.9. The summed E-state index contributed by atoms with van der Waals surface area (Å²) in [6.07, 6.45) is 2.84. The van der Waals surface area contributed by atoms with Crippen LogP contribution >= 0.6 is 11.8 Å². The maximum Gasteiger partial charge on any atom is 0.282 e. The number of piperazine rings is 1. The van der Waals surface area contributed by atoms with E-state index in [0.717, 1.165) is 48.6 Å². The number of hydrogen-bond acceptors (Lipinski definition) is 6. The molecule has 8 nitrogen and oxygen atoms in total. The largest absolute Gasteiger partial charge is 0.299 e. The molecule has 2 saturated heterocycles.